The van der Waals surface area contributed by atoms with Crippen LogP contribution in [-0.4, -0.2) is 5.96 Å². The summed E-state index contributed by atoms with van der Waals surface area (Å²) >= 11 is 0. The average molecular weight is 100 g/mol. The lowest BCUT2D eigenvalue weighted by Gasteiger charge is -1.80. The van der Waals surface area contributed by atoms with E-state index in [1.165, 1.54) is 6.26 Å². The number of oxime groups is 1. The number of nitriles is 1. The molecule has 0 saturated carbocycles. The maximum absolute atomic E-state index is 7.62. The van der Waals surface area contributed by atoms with Crippen molar-refractivity contribution < 1.29 is 4.84 Å². The predicted octanol–water partition coefficient (Wildman–Crippen LogP) is -1.33. The fourth-order valence-corrected chi connectivity index (χ4v) is 0.0731. The molecule has 0 heterocycles. The van der Waals surface area contributed by atoms with E-state index in [1.807, 2.05) is 0 Å². The van der Waals surface area contributed by atoms with E-state index in [0.717, 1.165) is 0 Å². The van der Waals surface area contributed by atoms with E-state index in [-0.39, 0.29) is 5.96 Å². The SMILES string of the molecule is N#CON=C(N)N. The lowest BCUT2D eigenvalue weighted by atomic mass is 11.1. The first-order valence-electron chi connectivity index (χ1n) is 1.41. The van der Waals surface area contributed by atoms with Crippen LogP contribution in [0, 0.1) is 11.5 Å². The van der Waals surface area contributed by atoms with Gasteiger partial charge < -0.3 is 11.5 Å². The Morgan fingerprint density at radius 2 is 2.29 bits per heavy atom. The van der Waals surface area contributed by atoms with Gasteiger partial charge in [-0.15, -0.1) is 5.26 Å². The van der Waals surface area contributed by atoms with Gasteiger partial charge in [0, 0.05) is 0 Å². The predicted molar refractivity (Wildman–Crippen MR) is 22.5 cm³/mol. The molecular weight excluding hydrogens is 96.0 g/mol. The molecule has 0 radical (unpaired) electrons. The summed E-state index contributed by atoms with van der Waals surface area (Å²) in [4.78, 5) is 3.74. The number of rotatable bonds is 1. The molecule has 0 aliphatic carbocycles. The molecule has 4 N–H and O–H groups in total. The van der Waals surface area contributed by atoms with Gasteiger partial charge in [0.05, 0.1) is 0 Å². The Morgan fingerprint density at radius 3 is 2.43 bits per heavy atom. The zero-order valence-corrected chi connectivity index (χ0v) is 3.46. The molecule has 0 bridgehead atoms. The standard InChI is InChI=1S/C2H4N4O/c3-1-7-6-2(4)5/h(H4,4,5,6). The van der Waals surface area contributed by atoms with Crippen LogP contribution in [-0.2, 0) is 4.84 Å². The maximum atomic E-state index is 7.62. The Hall–Kier alpha value is -1.44. The maximum Gasteiger partial charge on any atom is 0.316 e. The van der Waals surface area contributed by atoms with Gasteiger partial charge in [0.15, 0.2) is 0 Å². The molecule has 0 amide bonds. The second-order valence-electron chi connectivity index (χ2n) is 0.699. The lowest BCUT2D eigenvalue weighted by Crippen LogP contribution is -2.22. The Morgan fingerprint density at radius 1 is 1.71 bits per heavy atom. The zero-order valence-electron chi connectivity index (χ0n) is 3.46. The van der Waals surface area contributed by atoms with Crippen LogP contribution in [0.4, 0.5) is 0 Å². The Bertz CT molecular complexity index is 107. The first-order valence-corrected chi connectivity index (χ1v) is 1.41. The van der Waals surface area contributed by atoms with E-state index >= 15 is 0 Å². The molecule has 0 unspecified atom stereocenters. The van der Waals surface area contributed by atoms with Crippen molar-refractivity contribution in [1.29, 1.82) is 5.26 Å². The van der Waals surface area contributed by atoms with E-state index in [0.29, 0.717) is 0 Å². The molecule has 0 aromatic heterocycles. The first-order chi connectivity index (χ1) is 3.27. The summed E-state index contributed by atoms with van der Waals surface area (Å²) in [6.45, 7) is 0. The molecular formula is C2H4N4O. The van der Waals surface area contributed by atoms with Crippen molar-refractivity contribution in [3.8, 4) is 6.26 Å². The number of hydrogen-bond donors (Lipinski definition) is 2. The van der Waals surface area contributed by atoms with Crippen LogP contribution >= 0.6 is 0 Å². The lowest BCUT2D eigenvalue weighted by molar-refractivity contribution is 0.289. The Balaban J connectivity index is 3.32. The number of hydrogen-bond acceptors (Lipinski definition) is 3. The van der Waals surface area contributed by atoms with Gasteiger partial charge in [0.1, 0.15) is 0 Å². The van der Waals surface area contributed by atoms with Gasteiger partial charge in [-0.3, -0.25) is 4.84 Å². The fourth-order valence-electron chi connectivity index (χ4n) is 0.0731. The molecule has 0 atom stereocenters. The summed E-state index contributed by atoms with van der Waals surface area (Å²) < 4.78 is 0. The van der Waals surface area contributed by atoms with Crippen LogP contribution in [0.3, 0.4) is 0 Å². The van der Waals surface area contributed by atoms with Gasteiger partial charge in [0.2, 0.25) is 5.96 Å². The summed E-state index contributed by atoms with van der Waals surface area (Å²) in [6.07, 6.45) is 1.25. The minimum atomic E-state index is -0.262. The fraction of sp³-hybridized carbons (Fsp3) is 0. The second-order valence-corrected chi connectivity index (χ2v) is 0.699. The smallest absolute Gasteiger partial charge is 0.316 e. The minimum Gasteiger partial charge on any atom is -0.367 e. The van der Waals surface area contributed by atoms with E-state index in [1.54, 1.807) is 0 Å². The third-order valence-corrected chi connectivity index (χ3v) is 0.192. The monoisotopic (exact) mass is 100 g/mol. The number of nitrogens with zero attached hydrogens (tertiary/aromatic N) is 2. The van der Waals surface area contributed by atoms with Crippen molar-refractivity contribution >= 4 is 5.96 Å². The zero-order chi connectivity index (χ0) is 5.70. The second kappa shape index (κ2) is 2.78. The highest BCUT2D eigenvalue weighted by molar-refractivity contribution is 5.74. The molecule has 0 spiro atoms. The number of guanidine groups is 1. The van der Waals surface area contributed by atoms with Crippen molar-refractivity contribution in [2.45, 2.75) is 0 Å². The van der Waals surface area contributed by atoms with Crippen molar-refractivity contribution in [3.63, 3.8) is 0 Å². The minimum absolute atomic E-state index is 0.262. The molecule has 0 aromatic rings. The molecule has 0 aromatic carbocycles. The molecule has 7 heavy (non-hydrogen) atoms. The van der Waals surface area contributed by atoms with Gasteiger partial charge in [-0.1, -0.05) is 0 Å². The molecule has 0 rings (SSSR count). The van der Waals surface area contributed by atoms with Crippen molar-refractivity contribution in [2.24, 2.45) is 16.6 Å². The van der Waals surface area contributed by atoms with Crippen molar-refractivity contribution in [2.75, 3.05) is 0 Å². The van der Waals surface area contributed by atoms with Crippen LogP contribution in [0.5, 0.6) is 0 Å². The summed E-state index contributed by atoms with van der Waals surface area (Å²) in [5, 5.41) is 10.5. The molecule has 0 aliphatic rings. The summed E-state index contributed by atoms with van der Waals surface area (Å²) in [7, 11) is 0. The summed E-state index contributed by atoms with van der Waals surface area (Å²) in [5.41, 5.74) is 9.46. The van der Waals surface area contributed by atoms with Gasteiger partial charge in [-0.2, -0.15) is 0 Å². The van der Waals surface area contributed by atoms with Gasteiger partial charge >= 0.3 is 6.26 Å². The first kappa shape index (κ1) is 5.56. The quantitative estimate of drug-likeness (QED) is 0.184. The van der Waals surface area contributed by atoms with Crippen LogP contribution in [0.25, 0.3) is 0 Å². The Labute approximate surface area is 40.1 Å². The summed E-state index contributed by atoms with van der Waals surface area (Å²) in [6, 6.07) is 0. The van der Waals surface area contributed by atoms with Crippen LogP contribution in [0.1, 0.15) is 0 Å². The third kappa shape index (κ3) is 4.56. The normalized spacial score (nSPS) is 6.14. The highest BCUT2D eigenvalue weighted by atomic mass is 16.6. The van der Waals surface area contributed by atoms with Crippen LogP contribution in [0.2, 0.25) is 0 Å². The third-order valence-electron chi connectivity index (χ3n) is 0.192. The highest BCUT2D eigenvalue weighted by Crippen LogP contribution is 1.63. The summed E-state index contributed by atoms with van der Waals surface area (Å²) in [5.74, 6) is -0.262. The van der Waals surface area contributed by atoms with E-state index in [9.17, 15) is 0 Å². The molecule has 38 valence electrons. The van der Waals surface area contributed by atoms with Gasteiger partial charge in [-0.05, 0) is 5.16 Å². The Kier molecular flexibility index (Phi) is 2.21. The molecule has 0 saturated heterocycles. The highest BCUT2D eigenvalue weighted by Gasteiger charge is 1.73. The molecule has 5 nitrogen and oxygen atoms in total. The van der Waals surface area contributed by atoms with Gasteiger partial charge in [0.25, 0.3) is 0 Å². The molecule has 0 fully saturated rings. The van der Waals surface area contributed by atoms with Crippen LogP contribution < -0.4 is 11.5 Å². The van der Waals surface area contributed by atoms with E-state index < -0.39 is 0 Å². The molecule has 5 heteroatoms. The average Bonchev–Trinajstić information content (AvgIpc) is 1.61. The van der Waals surface area contributed by atoms with Crippen LogP contribution in [0.15, 0.2) is 5.16 Å². The van der Waals surface area contributed by atoms with Crippen molar-refractivity contribution in [3.05, 3.63) is 0 Å². The van der Waals surface area contributed by atoms with Crippen molar-refractivity contribution in [1.82, 2.24) is 0 Å². The number of nitrogens with two attached hydrogens (primary N) is 2. The van der Waals surface area contributed by atoms with E-state index in [2.05, 4.69) is 9.99 Å². The topological polar surface area (TPSA) is 97.4 Å². The largest absolute Gasteiger partial charge is 0.367 e. The molecule has 0 aliphatic heterocycles. The van der Waals surface area contributed by atoms with Gasteiger partial charge in [-0.25, -0.2) is 0 Å². The van der Waals surface area contributed by atoms with E-state index in [4.69, 9.17) is 16.7 Å².